The Morgan fingerprint density at radius 1 is 1.39 bits per heavy atom. The molecule has 4 nitrogen and oxygen atoms in total. The van der Waals surface area contributed by atoms with Gasteiger partial charge in [-0.2, -0.15) is 0 Å². The number of likely N-dealkylation sites (tertiary alicyclic amines) is 1. The van der Waals surface area contributed by atoms with Crippen molar-refractivity contribution in [3.8, 4) is 0 Å². The number of fused-ring (bicyclic) bond motifs is 3. The van der Waals surface area contributed by atoms with Gasteiger partial charge in [-0.3, -0.25) is 4.79 Å². The summed E-state index contributed by atoms with van der Waals surface area (Å²) in [6.45, 7) is 4.05. The fraction of sp³-hybridized carbons (Fsp3) is 0.588. The Morgan fingerprint density at radius 3 is 3.17 bits per heavy atom. The van der Waals surface area contributed by atoms with Crippen molar-refractivity contribution in [1.82, 2.24) is 14.9 Å². The highest BCUT2D eigenvalue weighted by molar-refractivity contribution is 8.00. The lowest BCUT2D eigenvalue weighted by Gasteiger charge is -2.30. The van der Waals surface area contributed by atoms with Gasteiger partial charge in [-0.05, 0) is 43.6 Å². The van der Waals surface area contributed by atoms with Gasteiger partial charge in [0, 0.05) is 23.4 Å². The minimum absolute atomic E-state index is 0.250. The number of piperidine rings is 1. The van der Waals surface area contributed by atoms with Crippen LogP contribution in [0.25, 0.3) is 10.2 Å². The van der Waals surface area contributed by atoms with E-state index in [9.17, 15) is 4.79 Å². The highest BCUT2D eigenvalue weighted by Crippen LogP contribution is 2.40. The maximum atomic E-state index is 12.5. The third kappa shape index (κ3) is 2.98. The minimum atomic E-state index is 0.250. The highest BCUT2D eigenvalue weighted by Gasteiger charge is 2.24. The van der Waals surface area contributed by atoms with Crippen LogP contribution in [0.4, 0.5) is 0 Å². The van der Waals surface area contributed by atoms with Crippen LogP contribution in [0.3, 0.4) is 0 Å². The number of rotatable bonds is 3. The number of nitrogens with zero attached hydrogens (tertiary/aromatic N) is 3. The summed E-state index contributed by atoms with van der Waals surface area (Å²) in [5.41, 5.74) is 1.44. The molecule has 1 aliphatic carbocycles. The van der Waals surface area contributed by atoms with Gasteiger partial charge in [-0.25, -0.2) is 9.97 Å². The van der Waals surface area contributed by atoms with E-state index in [2.05, 4.69) is 16.9 Å². The molecule has 1 saturated heterocycles. The summed E-state index contributed by atoms with van der Waals surface area (Å²) in [6, 6.07) is 0. The maximum absolute atomic E-state index is 12.5. The molecule has 0 radical (unpaired) electrons. The van der Waals surface area contributed by atoms with E-state index >= 15 is 0 Å². The fourth-order valence-corrected chi connectivity index (χ4v) is 5.87. The Morgan fingerprint density at radius 2 is 2.30 bits per heavy atom. The number of thioether (sulfide) groups is 1. The second-order valence-corrected chi connectivity index (χ2v) is 8.64. The molecule has 0 saturated carbocycles. The molecule has 1 fully saturated rings. The van der Waals surface area contributed by atoms with Gasteiger partial charge in [-0.15, -0.1) is 11.3 Å². The summed E-state index contributed by atoms with van der Waals surface area (Å²) in [5.74, 6) is 1.37. The number of hydrogen-bond acceptors (Lipinski definition) is 5. The summed E-state index contributed by atoms with van der Waals surface area (Å²) in [6.07, 6.45) is 7.56. The van der Waals surface area contributed by atoms with Gasteiger partial charge < -0.3 is 4.90 Å². The van der Waals surface area contributed by atoms with Crippen LogP contribution in [0, 0.1) is 5.92 Å². The molecular formula is C17H21N3OS2. The van der Waals surface area contributed by atoms with Crippen LogP contribution in [0.15, 0.2) is 11.4 Å². The van der Waals surface area contributed by atoms with E-state index in [-0.39, 0.29) is 5.91 Å². The maximum Gasteiger partial charge on any atom is 0.232 e. The molecule has 2 aliphatic rings. The fourth-order valence-electron chi connectivity index (χ4n) is 3.65. The van der Waals surface area contributed by atoms with Crippen LogP contribution < -0.4 is 0 Å². The smallest absolute Gasteiger partial charge is 0.232 e. The molecule has 0 N–H and O–H groups in total. The third-order valence-corrected chi connectivity index (χ3v) is 6.98. The molecule has 4 rings (SSSR count). The van der Waals surface area contributed by atoms with Crippen molar-refractivity contribution in [1.29, 1.82) is 0 Å². The van der Waals surface area contributed by atoms with Crippen LogP contribution >= 0.6 is 23.1 Å². The number of aryl methyl sites for hydroxylation is 2. The van der Waals surface area contributed by atoms with Gasteiger partial charge in [0.2, 0.25) is 5.91 Å². The number of aromatic nitrogens is 2. The summed E-state index contributed by atoms with van der Waals surface area (Å²) in [7, 11) is 0. The number of thiophene rings is 1. The molecule has 122 valence electrons. The number of amides is 1. The number of hydrogen-bond donors (Lipinski definition) is 0. The second kappa shape index (κ2) is 6.40. The van der Waals surface area contributed by atoms with E-state index in [0.717, 1.165) is 35.8 Å². The molecule has 1 aliphatic heterocycles. The first-order valence-corrected chi connectivity index (χ1v) is 10.2. The van der Waals surface area contributed by atoms with Gasteiger partial charge in [-0.1, -0.05) is 18.7 Å². The van der Waals surface area contributed by atoms with Gasteiger partial charge in [0.15, 0.2) is 0 Å². The third-order valence-electron chi connectivity index (χ3n) is 4.81. The van der Waals surface area contributed by atoms with E-state index in [4.69, 9.17) is 0 Å². The Hall–Kier alpha value is -1.14. The number of carbonyl (C=O) groups excluding carboxylic acids is 1. The first-order chi connectivity index (χ1) is 11.2. The van der Waals surface area contributed by atoms with Gasteiger partial charge in [0.05, 0.1) is 5.75 Å². The number of carbonyl (C=O) groups is 1. The Kier molecular flexibility index (Phi) is 4.28. The second-order valence-electron chi connectivity index (χ2n) is 6.59. The summed E-state index contributed by atoms with van der Waals surface area (Å²) >= 11 is 3.39. The van der Waals surface area contributed by atoms with Gasteiger partial charge in [0.1, 0.15) is 16.2 Å². The molecular weight excluding hydrogens is 326 g/mol. The van der Waals surface area contributed by atoms with E-state index in [1.807, 2.05) is 4.90 Å². The van der Waals surface area contributed by atoms with Gasteiger partial charge in [0.25, 0.3) is 0 Å². The Labute approximate surface area is 144 Å². The SMILES string of the molecule is CC1CCCN(C(=O)CSc2ncnc3sc4c(c23)CCC4)C1. The Bertz CT molecular complexity index is 743. The lowest BCUT2D eigenvalue weighted by Crippen LogP contribution is -2.40. The minimum Gasteiger partial charge on any atom is -0.342 e. The summed E-state index contributed by atoms with van der Waals surface area (Å²) in [4.78, 5) is 26.0. The highest BCUT2D eigenvalue weighted by atomic mass is 32.2. The first kappa shape index (κ1) is 15.4. The predicted molar refractivity (Wildman–Crippen MR) is 95.1 cm³/mol. The molecule has 23 heavy (non-hydrogen) atoms. The van der Waals surface area contributed by atoms with E-state index in [1.54, 1.807) is 29.4 Å². The molecule has 1 atom stereocenters. The van der Waals surface area contributed by atoms with Crippen LogP contribution in [-0.4, -0.2) is 39.6 Å². The largest absolute Gasteiger partial charge is 0.342 e. The summed E-state index contributed by atoms with van der Waals surface area (Å²) in [5, 5.41) is 2.21. The van der Waals surface area contributed by atoms with Crippen molar-refractivity contribution in [2.75, 3.05) is 18.8 Å². The van der Waals surface area contributed by atoms with Crippen molar-refractivity contribution in [2.24, 2.45) is 5.92 Å². The zero-order chi connectivity index (χ0) is 15.8. The van der Waals surface area contributed by atoms with Crippen LogP contribution in [0.2, 0.25) is 0 Å². The lowest BCUT2D eigenvalue weighted by atomic mass is 10.0. The molecule has 2 aromatic heterocycles. The normalized spacial score (nSPS) is 20.9. The molecule has 0 spiro atoms. The Balaban J connectivity index is 1.51. The topological polar surface area (TPSA) is 46.1 Å². The predicted octanol–water partition coefficient (Wildman–Crippen LogP) is 3.53. The van der Waals surface area contributed by atoms with Gasteiger partial charge >= 0.3 is 0 Å². The molecule has 1 unspecified atom stereocenters. The van der Waals surface area contributed by atoms with E-state index < -0.39 is 0 Å². The van der Waals surface area contributed by atoms with Crippen LogP contribution in [0.5, 0.6) is 0 Å². The molecule has 1 amide bonds. The van der Waals surface area contributed by atoms with Crippen molar-refractivity contribution >= 4 is 39.2 Å². The van der Waals surface area contributed by atoms with Crippen LogP contribution in [0.1, 0.15) is 36.6 Å². The van der Waals surface area contributed by atoms with Crippen molar-refractivity contribution in [2.45, 2.75) is 44.1 Å². The zero-order valence-corrected chi connectivity index (χ0v) is 15.0. The average Bonchev–Trinajstić information content (AvgIpc) is 3.13. The van der Waals surface area contributed by atoms with Crippen molar-refractivity contribution in [3.63, 3.8) is 0 Å². The molecule has 6 heteroatoms. The van der Waals surface area contributed by atoms with Crippen molar-refractivity contribution in [3.05, 3.63) is 16.8 Å². The molecule has 0 aromatic carbocycles. The quantitative estimate of drug-likeness (QED) is 0.629. The average molecular weight is 348 g/mol. The summed E-state index contributed by atoms with van der Waals surface area (Å²) < 4.78 is 0. The van der Waals surface area contributed by atoms with Crippen molar-refractivity contribution < 1.29 is 4.79 Å². The molecule has 3 heterocycles. The first-order valence-electron chi connectivity index (χ1n) is 8.38. The molecule has 0 bridgehead atoms. The van der Waals surface area contributed by atoms with E-state index in [0.29, 0.717) is 11.7 Å². The lowest BCUT2D eigenvalue weighted by molar-refractivity contribution is -0.130. The monoisotopic (exact) mass is 347 g/mol. The standard InChI is InChI=1S/C17H21N3OS2/c1-11-4-3-7-20(8-11)14(21)9-22-16-15-12-5-2-6-13(12)23-17(15)19-10-18-16/h10-11H,2-9H2,1H3. The van der Waals surface area contributed by atoms with Crippen LogP contribution in [-0.2, 0) is 17.6 Å². The molecule has 2 aromatic rings. The van der Waals surface area contributed by atoms with E-state index in [1.165, 1.54) is 35.1 Å². The zero-order valence-electron chi connectivity index (χ0n) is 13.4.